The summed E-state index contributed by atoms with van der Waals surface area (Å²) in [6, 6.07) is 4.36. The van der Waals surface area contributed by atoms with Crippen molar-refractivity contribution in [3.05, 3.63) is 23.7 Å². The third-order valence-corrected chi connectivity index (χ3v) is 3.23. The van der Waals surface area contributed by atoms with Crippen LogP contribution in [0, 0.1) is 0 Å². The predicted octanol–water partition coefficient (Wildman–Crippen LogP) is 2.96. The van der Waals surface area contributed by atoms with Gasteiger partial charge in [0.1, 0.15) is 11.5 Å². The molecule has 0 aliphatic carbocycles. The van der Waals surface area contributed by atoms with Crippen molar-refractivity contribution < 1.29 is 4.42 Å². The van der Waals surface area contributed by atoms with Gasteiger partial charge < -0.3 is 10.2 Å². The van der Waals surface area contributed by atoms with Crippen LogP contribution in [0.5, 0.6) is 0 Å². The maximum Gasteiger partial charge on any atom is 0.122 e. The van der Waals surface area contributed by atoms with Crippen molar-refractivity contribution in [1.82, 2.24) is 4.90 Å². The minimum absolute atomic E-state index is 0.229. The van der Waals surface area contributed by atoms with Crippen LogP contribution in [0.2, 0.25) is 0 Å². The second-order valence-electron chi connectivity index (χ2n) is 4.39. The third-order valence-electron chi connectivity index (χ3n) is 3.23. The molecule has 0 aromatic carbocycles. The summed E-state index contributed by atoms with van der Waals surface area (Å²) >= 11 is 0. The zero-order valence-electron chi connectivity index (χ0n) is 11.4. The highest BCUT2D eigenvalue weighted by atomic mass is 16.3. The Balaban J connectivity index is 2.73. The summed E-state index contributed by atoms with van der Waals surface area (Å²) in [6.45, 7) is 9.24. The van der Waals surface area contributed by atoms with Crippen molar-refractivity contribution >= 4 is 0 Å². The van der Waals surface area contributed by atoms with E-state index >= 15 is 0 Å². The third kappa shape index (κ3) is 3.86. The molecule has 2 N–H and O–H groups in total. The summed E-state index contributed by atoms with van der Waals surface area (Å²) in [6.07, 6.45) is 3.37. The van der Waals surface area contributed by atoms with E-state index in [0.717, 1.165) is 31.0 Å². The topological polar surface area (TPSA) is 42.4 Å². The average molecular weight is 238 g/mol. The van der Waals surface area contributed by atoms with Gasteiger partial charge in [-0.1, -0.05) is 27.2 Å². The van der Waals surface area contributed by atoms with Crippen molar-refractivity contribution in [2.75, 3.05) is 19.6 Å². The molecule has 0 spiro atoms. The van der Waals surface area contributed by atoms with E-state index in [1.165, 1.54) is 12.8 Å². The fourth-order valence-corrected chi connectivity index (χ4v) is 2.10. The predicted molar refractivity (Wildman–Crippen MR) is 72.0 cm³/mol. The second-order valence-corrected chi connectivity index (χ2v) is 4.39. The van der Waals surface area contributed by atoms with Gasteiger partial charge in [-0.2, -0.15) is 0 Å². The lowest BCUT2D eigenvalue weighted by Crippen LogP contribution is -2.34. The first-order valence-corrected chi connectivity index (χ1v) is 6.79. The first-order chi connectivity index (χ1) is 8.26. The van der Waals surface area contributed by atoms with Gasteiger partial charge >= 0.3 is 0 Å². The molecule has 0 bridgehead atoms. The summed E-state index contributed by atoms with van der Waals surface area (Å²) in [7, 11) is 0. The number of nitrogens with zero attached hydrogens (tertiary/aromatic N) is 1. The van der Waals surface area contributed by atoms with E-state index < -0.39 is 0 Å². The van der Waals surface area contributed by atoms with Crippen LogP contribution in [-0.2, 0) is 6.42 Å². The standard InChI is InChI=1S/C14H26N2O/c1-4-7-10-16(6-3)13(11-15)14-9-8-12(5-2)17-14/h8-9,13H,4-7,10-11,15H2,1-3H3. The minimum Gasteiger partial charge on any atom is -0.464 e. The van der Waals surface area contributed by atoms with Gasteiger partial charge in [-0.25, -0.2) is 0 Å². The molecule has 3 nitrogen and oxygen atoms in total. The van der Waals surface area contributed by atoms with Crippen LogP contribution < -0.4 is 5.73 Å². The Kier molecular flexibility index (Phi) is 6.30. The van der Waals surface area contributed by atoms with Crippen LogP contribution in [-0.4, -0.2) is 24.5 Å². The van der Waals surface area contributed by atoms with Crippen molar-refractivity contribution in [2.45, 2.75) is 46.1 Å². The largest absolute Gasteiger partial charge is 0.464 e. The Labute approximate surface area is 105 Å². The number of unbranched alkanes of at least 4 members (excludes halogenated alkanes) is 1. The van der Waals surface area contributed by atoms with Gasteiger partial charge in [0.2, 0.25) is 0 Å². The fourth-order valence-electron chi connectivity index (χ4n) is 2.10. The molecule has 0 fully saturated rings. The van der Waals surface area contributed by atoms with Crippen molar-refractivity contribution in [3.63, 3.8) is 0 Å². The summed E-state index contributed by atoms with van der Waals surface area (Å²) in [5.41, 5.74) is 5.90. The van der Waals surface area contributed by atoms with E-state index in [-0.39, 0.29) is 6.04 Å². The number of hydrogen-bond donors (Lipinski definition) is 1. The lowest BCUT2D eigenvalue weighted by molar-refractivity contribution is 0.184. The van der Waals surface area contributed by atoms with E-state index in [1.807, 2.05) is 0 Å². The SMILES string of the molecule is CCCCN(CC)C(CN)c1ccc(CC)o1. The Bertz CT molecular complexity index is 309. The Morgan fingerprint density at radius 1 is 1.29 bits per heavy atom. The van der Waals surface area contributed by atoms with E-state index in [0.29, 0.717) is 6.54 Å². The van der Waals surface area contributed by atoms with Crippen LogP contribution in [0.3, 0.4) is 0 Å². The number of hydrogen-bond acceptors (Lipinski definition) is 3. The van der Waals surface area contributed by atoms with E-state index in [9.17, 15) is 0 Å². The normalized spacial score (nSPS) is 13.2. The van der Waals surface area contributed by atoms with Crippen LogP contribution in [0.4, 0.5) is 0 Å². The number of likely N-dealkylation sites (N-methyl/N-ethyl adjacent to an activating group) is 1. The lowest BCUT2D eigenvalue weighted by Gasteiger charge is -2.28. The highest BCUT2D eigenvalue weighted by Crippen LogP contribution is 2.22. The number of rotatable bonds is 8. The van der Waals surface area contributed by atoms with Crippen LogP contribution >= 0.6 is 0 Å². The molecule has 1 unspecified atom stereocenters. The summed E-state index contributed by atoms with van der Waals surface area (Å²) in [5, 5.41) is 0. The summed E-state index contributed by atoms with van der Waals surface area (Å²) < 4.78 is 5.83. The smallest absolute Gasteiger partial charge is 0.122 e. The fraction of sp³-hybridized carbons (Fsp3) is 0.714. The molecule has 0 aliphatic heterocycles. The zero-order chi connectivity index (χ0) is 12.7. The molecule has 0 aliphatic rings. The van der Waals surface area contributed by atoms with Crippen LogP contribution in [0.15, 0.2) is 16.5 Å². The van der Waals surface area contributed by atoms with Crippen LogP contribution in [0.1, 0.15) is 51.2 Å². The first kappa shape index (κ1) is 14.3. The number of nitrogens with two attached hydrogens (primary N) is 1. The molecule has 1 atom stereocenters. The molecule has 1 heterocycles. The van der Waals surface area contributed by atoms with Gasteiger partial charge in [0.25, 0.3) is 0 Å². The molecule has 17 heavy (non-hydrogen) atoms. The highest BCUT2D eigenvalue weighted by molar-refractivity contribution is 5.11. The molecule has 3 heteroatoms. The summed E-state index contributed by atoms with van der Waals surface area (Å²) in [4.78, 5) is 2.40. The molecular weight excluding hydrogens is 212 g/mol. The van der Waals surface area contributed by atoms with Gasteiger partial charge in [-0.05, 0) is 31.6 Å². The molecule has 1 aromatic heterocycles. The molecule has 0 saturated heterocycles. The van der Waals surface area contributed by atoms with E-state index in [4.69, 9.17) is 10.2 Å². The monoisotopic (exact) mass is 238 g/mol. The molecule has 98 valence electrons. The van der Waals surface area contributed by atoms with Gasteiger partial charge in [-0.15, -0.1) is 0 Å². The van der Waals surface area contributed by atoms with Gasteiger partial charge in [0.15, 0.2) is 0 Å². The van der Waals surface area contributed by atoms with E-state index in [1.54, 1.807) is 0 Å². The lowest BCUT2D eigenvalue weighted by atomic mass is 10.1. The van der Waals surface area contributed by atoms with Crippen molar-refractivity contribution in [2.24, 2.45) is 5.73 Å². The Morgan fingerprint density at radius 3 is 2.53 bits per heavy atom. The van der Waals surface area contributed by atoms with Gasteiger partial charge in [0.05, 0.1) is 6.04 Å². The molecule has 1 rings (SSSR count). The molecule has 0 radical (unpaired) electrons. The maximum atomic E-state index is 5.90. The summed E-state index contributed by atoms with van der Waals surface area (Å²) in [5.74, 6) is 2.06. The first-order valence-electron chi connectivity index (χ1n) is 6.79. The zero-order valence-corrected chi connectivity index (χ0v) is 11.4. The van der Waals surface area contributed by atoms with E-state index in [2.05, 4.69) is 37.8 Å². The molecule has 1 aromatic rings. The Morgan fingerprint density at radius 2 is 2.06 bits per heavy atom. The Hall–Kier alpha value is -0.800. The van der Waals surface area contributed by atoms with Crippen molar-refractivity contribution in [1.29, 1.82) is 0 Å². The average Bonchev–Trinajstić information content (AvgIpc) is 2.82. The number of furan rings is 1. The molecule has 0 amide bonds. The molecular formula is C14H26N2O. The van der Waals surface area contributed by atoms with Crippen molar-refractivity contribution in [3.8, 4) is 0 Å². The number of aryl methyl sites for hydroxylation is 1. The minimum atomic E-state index is 0.229. The van der Waals surface area contributed by atoms with Gasteiger partial charge in [0, 0.05) is 13.0 Å². The maximum absolute atomic E-state index is 5.90. The quantitative estimate of drug-likeness (QED) is 0.757. The highest BCUT2D eigenvalue weighted by Gasteiger charge is 2.20. The molecule has 0 saturated carbocycles. The second kappa shape index (κ2) is 7.51. The van der Waals surface area contributed by atoms with Gasteiger partial charge in [-0.3, -0.25) is 4.90 Å². The van der Waals surface area contributed by atoms with Crippen LogP contribution in [0.25, 0.3) is 0 Å².